The van der Waals surface area contributed by atoms with E-state index in [-0.39, 0.29) is 25.3 Å². The number of aryl methyl sites for hydroxylation is 1. The molecular weight excluding hydrogens is 502 g/mol. The average molecular weight is 542 g/mol. The van der Waals surface area contributed by atoms with Crippen LogP contribution in [0.1, 0.15) is 56.8 Å². The molecule has 2 unspecified atom stereocenters. The molecule has 3 N–H and O–H groups in total. The number of carbonyl (C=O) groups is 4. The standard InChI is InChI=1S/C29H39N3O7/c1-7-16-32(25(21-12-8-19(2)9-13-21)26(35)30-18-24(34)38-6)27(36)23(31-28(37)39-29(3,4)5)17-20-10-14-22(33)15-11-20/h8-15,23,25,33H,7,16-18H2,1-6H3,(H,30,35)(H,31,37). The Bertz CT molecular complexity index is 1130. The quantitative estimate of drug-likeness (QED) is 0.371. The Hall–Kier alpha value is -4.08. The summed E-state index contributed by atoms with van der Waals surface area (Å²) < 4.78 is 10.0. The van der Waals surface area contributed by atoms with Crippen LogP contribution >= 0.6 is 0 Å². The van der Waals surface area contributed by atoms with E-state index in [1.165, 1.54) is 24.1 Å². The number of hydrogen-bond acceptors (Lipinski definition) is 7. The summed E-state index contributed by atoms with van der Waals surface area (Å²) in [4.78, 5) is 53.4. The molecule has 2 aromatic carbocycles. The van der Waals surface area contributed by atoms with Gasteiger partial charge in [-0.2, -0.15) is 0 Å². The third-order valence-corrected chi connectivity index (χ3v) is 5.70. The molecule has 212 valence electrons. The van der Waals surface area contributed by atoms with Crippen molar-refractivity contribution in [1.29, 1.82) is 0 Å². The van der Waals surface area contributed by atoms with Crippen molar-refractivity contribution < 1.29 is 33.8 Å². The Balaban J connectivity index is 2.50. The predicted octanol–water partition coefficient (Wildman–Crippen LogP) is 3.41. The summed E-state index contributed by atoms with van der Waals surface area (Å²) in [5.41, 5.74) is 1.40. The van der Waals surface area contributed by atoms with Crippen molar-refractivity contribution in [2.24, 2.45) is 0 Å². The molecule has 0 fully saturated rings. The van der Waals surface area contributed by atoms with Crippen molar-refractivity contribution in [3.05, 3.63) is 65.2 Å². The highest BCUT2D eigenvalue weighted by molar-refractivity contribution is 5.93. The number of esters is 1. The first-order valence-electron chi connectivity index (χ1n) is 12.8. The number of benzene rings is 2. The van der Waals surface area contributed by atoms with Crippen LogP contribution < -0.4 is 10.6 Å². The molecule has 0 spiro atoms. The highest BCUT2D eigenvalue weighted by Gasteiger charge is 2.36. The smallest absolute Gasteiger partial charge is 0.408 e. The Kier molecular flexibility index (Phi) is 11.3. The van der Waals surface area contributed by atoms with Crippen LogP contribution in [0.15, 0.2) is 48.5 Å². The molecule has 39 heavy (non-hydrogen) atoms. The number of alkyl carbamates (subject to hydrolysis) is 1. The molecule has 0 aliphatic heterocycles. The summed E-state index contributed by atoms with van der Waals surface area (Å²) in [6.45, 7) is 8.76. The van der Waals surface area contributed by atoms with Gasteiger partial charge in [0, 0.05) is 13.0 Å². The number of methoxy groups -OCH3 is 1. The minimum absolute atomic E-state index is 0.0658. The van der Waals surface area contributed by atoms with Crippen molar-refractivity contribution in [2.75, 3.05) is 20.2 Å². The summed E-state index contributed by atoms with van der Waals surface area (Å²) in [7, 11) is 1.22. The van der Waals surface area contributed by atoms with E-state index in [0.717, 1.165) is 5.56 Å². The molecule has 0 aromatic heterocycles. The monoisotopic (exact) mass is 541 g/mol. The Morgan fingerprint density at radius 1 is 1.00 bits per heavy atom. The third-order valence-electron chi connectivity index (χ3n) is 5.70. The zero-order valence-electron chi connectivity index (χ0n) is 23.4. The second-order valence-electron chi connectivity index (χ2n) is 10.2. The maximum Gasteiger partial charge on any atom is 0.408 e. The first-order valence-corrected chi connectivity index (χ1v) is 12.8. The van der Waals surface area contributed by atoms with Gasteiger partial charge in [0.2, 0.25) is 11.8 Å². The lowest BCUT2D eigenvalue weighted by atomic mass is 9.99. The normalized spacial score (nSPS) is 12.6. The zero-order chi connectivity index (χ0) is 29.2. The molecule has 2 atom stereocenters. The van der Waals surface area contributed by atoms with Crippen molar-refractivity contribution in [2.45, 2.75) is 65.1 Å². The molecule has 0 radical (unpaired) electrons. The Morgan fingerprint density at radius 3 is 2.15 bits per heavy atom. The third kappa shape index (κ3) is 9.96. The number of ether oxygens (including phenoxy) is 2. The van der Waals surface area contributed by atoms with Crippen molar-refractivity contribution >= 4 is 23.9 Å². The molecule has 0 heterocycles. The van der Waals surface area contributed by atoms with Crippen LogP contribution in [-0.2, 0) is 30.3 Å². The first-order chi connectivity index (χ1) is 18.3. The number of nitrogens with one attached hydrogen (secondary N) is 2. The van der Waals surface area contributed by atoms with Crippen LogP contribution in [0, 0.1) is 6.92 Å². The number of nitrogens with zero attached hydrogens (tertiary/aromatic N) is 1. The molecule has 0 saturated carbocycles. The molecule has 0 saturated heterocycles. The summed E-state index contributed by atoms with van der Waals surface area (Å²) in [5.74, 6) is -1.63. The van der Waals surface area contributed by atoms with Gasteiger partial charge in [-0.05, 0) is 57.4 Å². The zero-order valence-corrected chi connectivity index (χ0v) is 23.4. The van der Waals surface area contributed by atoms with E-state index < -0.39 is 41.6 Å². The van der Waals surface area contributed by atoms with Crippen LogP contribution in [-0.4, -0.2) is 65.7 Å². The van der Waals surface area contributed by atoms with Crippen molar-refractivity contribution in [3.8, 4) is 5.75 Å². The van der Waals surface area contributed by atoms with E-state index in [9.17, 15) is 24.3 Å². The summed E-state index contributed by atoms with van der Waals surface area (Å²) >= 11 is 0. The van der Waals surface area contributed by atoms with Gasteiger partial charge in [-0.25, -0.2) is 4.79 Å². The second kappa shape index (κ2) is 14.2. The highest BCUT2D eigenvalue weighted by atomic mass is 16.6. The van der Waals surface area contributed by atoms with Gasteiger partial charge in [-0.15, -0.1) is 0 Å². The van der Waals surface area contributed by atoms with E-state index in [0.29, 0.717) is 17.5 Å². The molecule has 2 rings (SSSR count). The van der Waals surface area contributed by atoms with Gasteiger partial charge in [-0.1, -0.05) is 48.9 Å². The van der Waals surface area contributed by atoms with Gasteiger partial charge >= 0.3 is 12.1 Å². The lowest BCUT2D eigenvalue weighted by Crippen LogP contribution is -2.54. The van der Waals surface area contributed by atoms with Gasteiger partial charge in [0.25, 0.3) is 0 Å². The molecule has 3 amide bonds. The van der Waals surface area contributed by atoms with Crippen LogP contribution in [0.5, 0.6) is 5.75 Å². The van der Waals surface area contributed by atoms with Crippen molar-refractivity contribution in [1.82, 2.24) is 15.5 Å². The molecule has 10 nitrogen and oxygen atoms in total. The van der Waals surface area contributed by atoms with Crippen LogP contribution in [0.2, 0.25) is 0 Å². The molecule has 2 aromatic rings. The summed E-state index contributed by atoms with van der Waals surface area (Å²) in [6.07, 6.45) is -0.169. The second-order valence-corrected chi connectivity index (χ2v) is 10.2. The fourth-order valence-electron chi connectivity index (χ4n) is 3.87. The van der Waals surface area contributed by atoms with E-state index in [2.05, 4.69) is 15.4 Å². The molecule has 0 aliphatic rings. The van der Waals surface area contributed by atoms with Gasteiger partial charge in [0.15, 0.2) is 0 Å². The molecule has 0 aliphatic carbocycles. The minimum atomic E-state index is -1.09. The number of carbonyl (C=O) groups excluding carboxylic acids is 4. The SMILES string of the molecule is CCCN(C(=O)C(Cc1ccc(O)cc1)NC(=O)OC(C)(C)C)C(C(=O)NCC(=O)OC)c1ccc(C)cc1. The van der Waals surface area contributed by atoms with E-state index in [1.54, 1.807) is 45.0 Å². The van der Waals surface area contributed by atoms with Crippen LogP contribution in [0.3, 0.4) is 0 Å². The maximum atomic E-state index is 14.1. The first kappa shape index (κ1) is 31.1. The lowest BCUT2D eigenvalue weighted by molar-refractivity contribution is -0.144. The van der Waals surface area contributed by atoms with E-state index in [4.69, 9.17) is 4.74 Å². The van der Waals surface area contributed by atoms with Crippen LogP contribution in [0.25, 0.3) is 0 Å². The van der Waals surface area contributed by atoms with Gasteiger partial charge in [-0.3, -0.25) is 14.4 Å². The van der Waals surface area contributed by atoms with E-state index in [1.807, 2.05) is 26.0 Å². The van der Waals surface area contributed by atoms with Gasteiger partial charge in [0.1, 0.15) is 30.0 Å². The predicted molar refractivity (Wildman–Crippen MR) is 146 cm³/mol. The number of aromatic hydroxyl groups is 1. The van der Waals surface area contributed by atoms with E-state index >= 15 is 0 Å². The van der Waals surface area contributed by atoms with Crippen LogP contribution in [0.4, 0.5) is 4.79 Å². The molecular formula is C29H39N3O7. The Morgan fingerprint density at radius 2 is 1.62 bits per heavy atom. The number of rotatable bonds is 11. The summed E-state index contributed by atoms with van der Waals surface area (Å²) in [5, 5.41) is 14.9. The van der Waals surface area contributed by atoms with Gasteiger partial charge < -0.3 is 30.1 Å². The number of phenols is 1. The fourth-order valence-corrected chi connectivity index (χ4v) is 3.87. The molecule has 10 heteroatoms. The topological polar surface area (TPSA) is 134 Å². The maximum absolute atomic E-state index is 14.1. The molecule has 0 bridgehead atoms. The lowest BCUT2D eigenvalue weighted by Gasteiger charge is -2.34. The average Bonchev–Trinajstić information content (AvgIpc) is 2.87. The minimum Gasteiger partial charge on any atom is -0.508 e. The largest absolute Gasteiger partial charge is 0.508 e. The number of amides is 3. The number of phenolic OH excluding ortho intramolecular Hbond substituents is 1. The van der Waals surface area contributed by atoms with Crippen molar-refractivity contribution in [3.63, 3.8) is 0 Å². The number of hydrogen-bond donors (Lipinski definition) is 3. The fraction of sp³-hybridized carbons (Fsp3) is 0.448. The summed E-state index contributed by atoms with van der Waals surface area (Å²) in [6, 6.07) is 11.3. The van der Waals surface area contributed by atoms with Gasteiger partial charge in [0.05, 0.1) is 7.11 Å². The Labute approximate surface area is 229 Å². The highest BCUT2D eigenvalue weighted by Crippen LogP contribution is 2.24.